The number of hydrogen-bond acceptors (Lipinski definition) is 1. The Balaban J connectivity index is 0.00000147. The van der Waals surface area contributed by atoms with Crippen molar-refractivity contribution >= 4 is 17.7 Å². The van der Waals surface area contributed by atoms with E-state index in [9.17, 15) is 0 Å². The molecule has 0 bridgehead atoms. The van der Waals surface area contributed by atoms with Crippen LogP contribution in [0, 0.1) is 13.8 Å². The third-order valence-corrected chi connectivity index (χ3v) is 3.63. The Bertz CT molecular complexity index is 645. The largest absolute Gasteiger partial charge is 1.00 e. The van der Waals surface area contributed by atoms with Gasteiger partial charge in [-0.1, -0.05) is 29.3 Å². The van der Waals surface area contributed by atoms with Gasteiger partial charge in [0.2, 0.25) is 6.34 Å². The maximum atomic E-state index is 2.29. The summed E-state index contributed by atoms with van der Waals surface area (Å²) in [7, 11) is 2.11. The first kappa shape index (κ1) is 15.0. The summed E-state index contributed by atoms with van der Waals surface area (Å²) in [5, 5.41) is 0. The van der Waals surface area contributed by atoms with E-state index in [0.29, 0.717) is 0 Å². The molecule has 1 aliphatic heterocycles. The molecular formula is C17H19IN2. The molecule has 0 spiro atoms. The van der Waals surface area contributed by atoms with Crippen LogP contribution in [0.3, 0.4) is 0 Å². The summed E-state index contributed by atoms with van der Waals surface area (Å²) in [4.78, 5) is 2.29. The topological polar surface area (TPSA) is 6.25 Å². The first-order valence-electron chi connectivity index (χ1n) is 6.64. The lowest BCUT2D eigenvalue weighted by Crippen LogP contribution is -3.00. The van der Waals surface area contributed by atoms with E-state index < -0.39 is 0 Å². The highest BCUT2D eigenvalue weighted by molar-refractivity contribution is 5.78. The lowest BCUT2D eigenvalue weighted by atomic mass is 10.1. The minimum Gasteiger partial charge on any atom is -1.00 e. The summed E-state index contributed by atoms with van der Waals surface area (Å²) in [6, 6.07) is 15.3. The standard InChI is InChI=1S/C17H19N2.HI/c1-13-4-7-16(8-5-13)19-11-15-10-14(2)6-9-17(15)18(3)12-19;/h4-10,12H,11H2,1-3H3;1H/q+1;/p-1. The monoisotopic (exact) mass is 378 g/mol. The zero-order valence-corrected chi connectivity index (χ0v) is 14.3. The number of anilines is 1. The summed E-state index contributed by atoms with van der Waals surface area (Å²) < 4.78 is 2.19. The highest BCUT2D eigenvalue weighted by Crippen LogP contribution is 2.27. The second-order valence-corrected chi connectivity index (χ2v) is 5.32. The van der Waals surface area contributed by atoms with Crippen molar-refractivity contribution in [2.45, 2.75) is 20.4 Å². The summed E-state index contributed by atoms with van der Waals surface area (Å²) in [5.74, 6) is 0. The Morgan fingerprint density at radius 3 is 2.30 bits per heavy atom. The van der Waals surface area contributed by atoms with Crippen molar-refractivity contribution < 1.29 is 28.6 Å². The lowest BCUT2D eigenvalue weighted by molar-refractivity contribution is -0.403. The van der Waals surface area contributed by atoms with Crippen LogP contribution >= 0.6 is 0 Å². The molecule has 20 heavy (non-hydrogen) atoms. The van der Waals surface area contributed by atoms with Crippen molar-refractivity contribution in [2.24, 2.45) is 0 Å². The van der Waals surface area contributed by atoms with Gasteiger partial charge in [0.25, 0.3) is 0 Å². The Morgan fingerprint density at radius 2 is 1.60 bits per heavy atom. The fourth-order valence-corrected chi connectivity index (χ4v) is 2.57. The Hall–Kier alpha value is -1.36. The van der Waals surface area contributed by atoms with Crippen LogP contribution in [-0.4, -0.2) is 18.0 Å². The fraction of sp³-hybridized carbons (Fsp3) is 0.235. The molecule has 0 saturated heterocycles. The Morgan fingerprint density at radius 1 is 0.950 bits per heavy atom. The molecule has 2 nitrogen and oxygen atoms in total. The molecule has 0 unspecified atom stereocenters. The van der Waals surface area contributed by atoms with Crippen LogP contribution in [0.15, 0.2) is 42.5 Å². The smallest absolute Gasteiger partial charge is 0.244 e. The summed E-state index contributed by atoms with van der Waals surface area (Å²) in [5.41, 5.74) is 6.53. The number of halogens is 1. The van der Waals surface area contributed by atoms with Crippen LogP contribution in [0.25, 0.3) is 0 Å². The van der Waals surface area contributed by atoms with E-state index in [-0.39, 0.29) is 24.0 Å². The summed E-state index contributed by atoms with van der Waals surface area (Å²) in [6.45, 7) is 5.20. The van der Waals surface area contributed by atoms with Crippen LogP contribution in [0.5, 0.6) is 0 Å². The quantitative estimate of drug-likeness (QED) is 0.521. The molecule has 0 radical (unpaired) electrons. The van der Waals surface area contributed by atoms with Crippen molar-refractivity contribution in [1.82, 2.24) is 0 Å². The molecule has 0 amide bonds. The van der Waals surface area contributed by atoms with Gasteiger partial charge in [-0.15, -0.1) is 0 Å². The van der Waals surface area contributed by atoms with Crippen LogP contribution in [0.4, 0.5) is 11.4 Å². The minimum atomic E-state index is 0. The minimum absolute atomic E-state index is 0. The normalized spacial score (nSPS) is 13.3. The molecule has 1 heterocycles. The fourth-order valence-electron chi connectivity index (χ4n) is 2.57. The summed E-state index contributed by atoms with van der Waals surface area (Å²) >= 11 is 0. The first-order valence-corrected chi connectivity index (χ1v) is 6.64. The van der Waals surface area contributed by atoms with Crippen molar-refractivity contribution in [2.75, 3.05) is 11.9 Å². The van der Waals surface area contributed by atoms with Gasteiger partial charge in [0.1, 0.15) is 17.9 Å². The van der Waals surface area contributed by atoms with E-state index in [4.69, 9.17) is 0 Å². The van der Waals surface area contributed by atoms with Gasteiger partial charge in [0.15, 0.2) is 0 Å². The average Bonchev–Trinajstić information content (AvgIpc) is 2.38. The highest BCUT2D eigenvalue weighted by Gasteiger charge is 2.22. The zero-order valence-electron chi connectivity index (χ0n) is 12.1. The van der Waals surface area contributed by atoms with E-state index in [0.717, 1.165) is 6.54 Å². The number of hydrogen-bond donors (Lipinski definition) is 0. The molecule has 1 aliphatic rings. The van der Waals surface area contributed by atoms with E-state index in [1.165, 1.54) is 28.1 Å². The third-order valence-electron chi connectivity index (χ3n) is 3.63. The first-order chi connectivity index (χ1) is 9.13. The number of aryl methyl sites for hydroxylation is 2. The van der Waals surface area contributed by atoms with Gasteiger partial charge in [-0.3, -0.25) is 0 Å². The Kier molecular flexibility index (Phi) is 4.48. The SMILES string of the molecule is Cc1ccc(N2C=[N+](C)c3ccc(C)cc3C2)cc1.[I-]. The molecule has 0 fully saturated rings. The van der Waals surface area contributed by atoms with E-state index in [2.05, 4.69) is 79.2 Å². The summed E-state index contributed by atoms with van der Waals surface area (Å²) in [6.07, 6.45) is 2.17. The maximum Gasteiger partial charge on any atom is 0.244 e. The van der Waals surface area contributed by atoms with Crippen molar-refractivity contribution in [3.8, 4) is 0 Å². The molecule has 0 saturated carbocycles. The lowest BCUT2D eigenvalue weighted by Gasteiger charge is -2.21. The van der Waals surface area contributed by atoms with Gasteiger partial charge >= 0.3 is 0 Å². The molecule has 0 N–H and O–H groups in total. The van der Waals surface area contributed by atoms with Crippen molar-refractivity contribution in [3.63, 3.8) is 0 Å². The van der Waals surface area contributed by atoms with Gasteiger partial charge < -0.3 is 24.0 Å². The molecule has 2 aromatic rings. The molecule has 0 atom stereocenters. The van der Waals surface area contributed by atoms with Gasteiger partial charge in [-0.2, -0.15) is 0 Å². The average molecular weight is 378 g/mol. The molecular weight excluding hydrogens is 359 g/mol. The maximum absolute atomic E-state index is 2.29. The number of rotatable bonds is 1. The van der Waals surface area contributed by atoms with Gasteiger partial charge in [0.05, 0.1) is 7.05 Å². The van der Waals surface area contributed by atoms with Gasteiger partial charge in [0, 0.05) is 5.56 Å². The van der Waals surface area contributed by atoms with Crippen LogP contribution in [-0.2, 0) is 6.54 Å². The molecule has 3 rings (SSSR count). The van der Waals surface area contributed by atoms with Gasteiger partial charge in [-0.05, 0) is 38.1 Å². The number of nitrogens with zero attached hydrogens (tertiary/aromatic N) is 2. The second kappa shape index (κ2) is 5.95. The Labute approximate surface area is 137 Å². The third kappa shape index (κ3) is 2.87. The number of fused-ring (bicyclic) bond motifs is 1. The molecule has 0 aliphatic carbocycles. The number of benzene rings is 2. The van der Waals surface area contributed by atoms with Gasteiger partial charge in [-0.25, -0.2) is 9.48 Å². The van der Waals surface area contributed by atoms with Crippen LogP contribution in [0.2, 0.25) is 0 Å². The predicted octanol–water partition coefficient (Wildman–Crippen LogP) is 0.630. The molecule has 2 aromatic carbocycles. The molecule has 3 heteroatoms. The molecule has 104 valence electrons. The highest BCUT2D eigenvalue weighted by atomic mass is 127. The second-order valence-electron chi connectivity index (χ2n) is 5.32. The van der Waals surface area contributed by atoms with E-state index >= 15 is 0 Å². The zero-order chi connectivity index (χ0) is 13.4. The van der Waals surface area contributed by atoms with Crippen molar-refractivity contribution in [3.05, 3.63) is 59.2 Å². The van der Waals surface area contributed by atoms with E-state index in [1.807, 2.05) is 0 Å². The van der Waals surface area contributed by atoms with E-state index in [1.54, 1.807) is 0 Å². The molecule has 0 aromatic heterocycles. The van der Waals surface area contributed by atoms with Crippen LogP contribution in [0.1, 0.15) is 16.7 Å². The van der Waals surface area contributed by atoms with Crippen molar-refractivity contribution in [1.29, 1.82) is 0 Å². The predicted molar refractivity (Wildman–Crippen MR) is 80.4 cm³/mol. The van der Waals surface area contributed by atoms with Crippen LogP contribution < -0.4 is 28.9 Å².